The first kappa shape index (κ1) is 19.2. The van der Waals surface area contributed by atoms with E-state index in [-0.39, 0.29) is 21.6 Å². The zero-order valence-corrected chi connectivity index (χ0v) is 17.3. The summed E-state index contributed by atoms with van der Waals surface area (Å²) in [5, 5.41) is 3.52. The Labute approximate surface area is 171 Å². The van der Waals surface area contributed by atoms with E-state index in [9.17, 15) is 13.2 Å². The minimum absolute atomic E-state index is 0.203. The molecule has 0 saturated carbocycles. The van der Waals surface area contributed by atoms with Crippen LogP contribution in [0.5, 0.6) is 0 Å². The number of carbonyl (C=O) groups is 1. The first-order valence-corrected chi connectivity index (χ1v) is 11.0. The Balaban J connectivity index is 1.46. The highest BCUT2D eigenvalue weighted by Gasteiger charge is 2.23. The number of imidazole rings is 1. The van der Waals surface area contributed by atoms with Gasteiger partial charge in [0.05, 0.1) is 21.2 Å². The molecule has 29 heavy (non-hydrogen) atoms. The summed E-state index contributed by atoms with van der Waals surface area (Å²) in [6, 6.07) is 6.47. The monoisotopic (exact) mass is 427 g/mol. The number of aryl methyl sites for hydroxylation is 2. The summed E-state index contributed by atoms with van der Waals surface area (Å²) in [6.07, 6.45) is 6.44. The molecule has 0 radical (unpaired) electrons. The molecule has 0 aliphatic heterocycles. The number of hydrogen-bond donors (Lipinski definition) is 1. The molecular formula is C19H17N5O3S2. The number of benzene rings is 1. The Bertz CT molecular complexity index is 1310. The largest absolute Gasteiger partial charge is 0.348 e. The molecular weight excluding hydrogens is 410 g/mol. The van der Waals surface area contributed by atoms with Gasteiger partial charge in [0.25, 0.3) is 5.91 Å². The van der Waals surface area contributed by atoms with Crippen LogP contribution >= 0.6 is 11.3 Å². The minimum Gasteiger partial charge on any atom is -0.348 e. The number of carbonyl (C=O) groups excluding carboxylic acids is 1. The molecule has 10 heteroatoms. The van der Waals surface area contributed by atoms with Crippen molar-refractivity contribution in [2.24, 2.45) is 0 Å². The smallest absolute Gasteiger partial charge is 0.254 e. The SMILES string of the molecule is Cc1nc(C)c(S(=O)(=O)c2ccc(CNC(=O)c3cnc4nccn4c3)cc2)s1. The minimum atomic E-state index is -3.60. The summed E-state index contributed by atoms with van der Waals surface area (Å²) in [5.41, 5.74) is 1.70. The average molecular weight is 428 g/mol. The van der Waals surface area contributed by atoms with E-state index in [1.807, 2.05) is 0 Å². The van der Waals surface area contributed by atoms with Gasteiger partial charge in [-0.25, -0.2) is 23.4 Å². The molecule has 3 aromatic heterocycles. The predicted octanol–water partition coefficient (Wildman–Crippen LogP) is 2.57. The van der Waals surface area contributed by atoms with Crippen LogP contribution in [0.2, 0.25) is 0 Å². The molecule has 0 spiro atoms. The van der Waals surface area contributed by atoms with Crippen LogP contribution in [0.15, 0.2) is 58.2 Å². The van der Waals surface area contributed by atoms with Gasteiger partial charge in [-0.3, -0.25) is 9.20 Å². The molecule has 0 aliphatic rings. The van der Waals surface area contributed by atoms with Gasteiger partial charge < -0.3 is 5.32 Å². The molecule has 4 rings (SSSR count). The molecule has 8 nitrogen and oxygen atoms in total. The van der Waals surface area contributed by atoms with E-state index in [4.69, 9.17) is 0 Å². The molecule has 4 aromatic rings. The molecule has 1 amide bonds. The number of nitrogens with one attached hydrogen (secondary N) is 1. The topological polar surface area (TPSA) is 106 Å². The lowest BCUT2D eigenvalue weighted by Crippen LogP contribution is -2.23. The maximum atomic E-state index is 12.8. The highest BCUT2D eigenvalue weighted by molar-refractivity contribution is 7.93. The zero-order chi connectivity index (χ0) is 20.6. The second-order valence-corrected chi connectivity index (χ2v) is 9.76. The van der Waals surface area contributed by atoms with Crippen LogP contribution in [0.1, 0.15) is 26.6 Å². The predicted molar refractivity (Wildman–Crippen MR) is 108 cm³/mol. The van der Waals surface area contributed by atoms with E-state index in [1.165, 1.54) is 17.5 Å². The first-order chi connectivity index (χ1) is 13.8. The lowest BCUT2D eigenvalue weighted by molar-refractivity contribution is 0.0950. The molecule has 1 aromatic carbocycles. The Morgan fingerprint density at radius 2 is 1.93 bits per heavy atom. The van der Waals surface area contributed by atoms with Crippen LogP contribution in [0.3, 0.4) is 0 Å². The van der Waals surface area contributed by atoms with Crippen LogP contribution in [0, 0.1) is 13.8 Å². The Kier molecular flexibility index (Phi) is 4.89. The van der Waals surface area contributed by atoms with Gasteiger partial charge in [-0.2, -0.15) is 0 Å². The van der Waals surface area contributed by atoms with Crippen molar-refractivity contribution in [2.75, 3.05) is 0 Å². The van der Waals surface area contributed by atoms with Crippen LogP contribution in [0.4, 0.5) is 0 Å². The second kappa shape index (κ2) is 7.37. The quantitative estimate of drug-likeness (QED) is 0.525. The summed E-state index contributed by atoms with van der Waals surface area (Å²) in [6.45, 7) is 3.73. The summed E-state index contributed by atoms with van der Waals surface area (Å²) >= 11 is 1.17. The van der Waals surface area contributed by atoms with Crippen LogP contribution in [-0.4, -0.2) is 33.7 Å². The van der Waals surface area contributed by atoms with Crippen LogP contribution in [-0.2, 0) is 16.4 Å². The Hall–Kier alpha value is -3.11. The first-order valence-electron chi connectivity index (χ1n) is 8.69. The molecule has 148 valence electrons. The third kappa shape index (κ3) is 3.76. The third-order valence-corrected chi connectivity index (χ3v) is 7.75. The van der Waals surface area contributed by atoms with Crippen molar-refractivity contribution in [3.05, 3.63) is 70.9 Å². The highest BCUT2D eigenvalue weighted by Crippen LogP contribution is 2.29. The van der Waals surface area contributed by atoms with Gasteiger partial charge >= 0.3 is 0 Å². The Morgan fingerprint density at radius 1 is 1.17 bits per heavy atom. The summed E-state index contributed by atoms with van der Waals surface area (Å²) < 4.78 is 27.5. The standard InChI is InChI=1S/C19H17N5O3S2/c1-12-18(28-13(2)23-12)29(26,27)16-5-3-14(4-6-16)9-21-17(25)15-10-22-19-20-7-8-24(19)11-15/h3-8,10-11H,9H2,1-2H3,(H,21,25). The van der Waals surface area contributed by atoms with E-state index >= 15 is 0 Å². The molecule has 0 bridgehead atoms. The summed E-state index contributed by atoms with van der Waals surface area (Å²) in [5.74, 6) is 0.241. The van der Waals surface area contributed by atoms with Gasteiger partial charge in [0.1, 0.15) is 4.21 Å². The van der Waals surface area contributed by atoms with Gasteiger partial charge in [-0.1, -0.05) is 12.1 Å². The maximum Gasteiger partial charge on any atom is 0.254 e. The highest BCUT2D eigenvalue weighted by atomic mass is 32.2. The number of amides is 1. The lowest BCUT2D eigenvalue weighted by atomic mass is 10.2. The number of hydrogen-bond acceptors (Lipinski definition) is 7. The van der Waals surface area contributed by atoms with Crippen LogP contribution < -0.4 is 5.32 Å². The van der Waals surface area contributed by atoms with E-state index in [2.05, 4.69) is 20.3 Å². The average Bonchev–Trinajstić information content (AvgIpc) is 3.31. The molecule has 0 fully saturated rings. The van der Waals surface area contributed by atoms with E-state index in [1.54, 1.807) is 61.1 Å². The summed E-state index contributed by atoms with van der Waals surface area (Å²) in [7, 11) is -3.60. The number of sulfone groups is 1. The van der Waals surface area contributed by atoms with Gasteiger partial charge in [-0.05, 0) is 31.5 Å². The zero-order valence-electron chi connectivity index (χ0n) is 15.7. The van der Waals surface area contributed by atoms with Gasteiger partial charge in [0.2, 0.25) is 15.6 Å². The van der Waals surface area contributed by atoms with E-state index in [0.717, 1.165) is 5.56 Å². The van der Waals surface area contributed by atoms with Crippen molar-refractivity contribution < 1.29 is 13.2 Å². The molecule has 0 aliphatic carbocycles. The second-order valence-electron chi connectivity index (χ2n) is 6.41. The van der Waals surface area contributed by atoms with E-state index in [0.29, 0.717) is 22.0 Å². The lowest BCUT2D eigenvalue weighted by Gasteiger charge is -2.07. The fourth-order valence-electron chi connectivity index (χ4n) is 2.87. The van der Waals surface area contributed by atoms with Crippen LogP contribution in [0.25, 0.3) is 5.78 Å². The number of thiazole rings is 1. The molecule has 0 saturated heterocycles. The molecule has 1 N–H and O–H groups in total. The summed E-state index contributed by atoms with van der Waals surface area (Å²) in [4.78, 5) is 24.9. The fourth-order valence-corrected chi connectivity index (χ4v) is 5.75. The molecule has 0 unspecified atom stereocenters. The van der Waals surface area contributed by atoms with Gasteiger partial charge in [0, 0.05) is 31.3 Å². The van der Waals surface area contributed by atoms with Crippen molar-refractivity contribution >= 4 is 32.9 Å². The number of fused-ring (bicyclic) bond motifs is 1. The van der Waals surface area contributed by atoms with Crippen molar-refractivity contribution in [3.8, 4) is 0 Å². The van der Waals surface area contributed by atoms with Crippen molar-refractivity contribution in [1.29, 1.82) is 0 Å². The van der Waals surface area contributed by atoms with Gasteiger partial charge in [-0.15, -0.1) is 11.3 Å². The normalized spacial score (nSPS) is 11.7. The number of aromatic nitrogens is 4. The molecule has 0 atom stereocenters. The Morgan fingerprint density at radius 3 is 2.62 bits per heavy atom. The van der Waals surface area contributed by atoms with Crippen molar-refractivity contribution in [2.45, 2.75) is 29.5 Å². The fraction of sp³-hybridized carbons (Fsp3) is 0.158. The maximum absolute atomic E-state index is 12.8. The number of nitrogens with zero attached hydrogens (tertiary/aromatic N) is 4. The van der Waals surface area contributed by atoms with E-state index < -0.39 is 9.84 Å². The third-order valence-electron chi connectivity index (χ3n) is 4.30. The van der Waals surface area contributed by atoms with Crippen molar-refractivity contribution in [1.82, 2.24) is 24.7 Å². The van der Waals surface area contributed by atoms with Gasteiger partial charge in [0.15, 0.2) is 0 Å². The molecule has 3 heterocycles. The number of rotatable bonds is 5. The van der Waals surface area contributed by atoms with Crippen molar-refractivity contribution in [3.63, 3.8) is 0 Å².